The number of nitrogens with zero attached hydrogens (tertiary/aromatic N) is 2. The minimum absolute atomic E-state index is 0.251. The van der Waals surface area contributed by atoms with Gasteiger partial charge in [0.05, 0.1) is 5.56 Å². The first-order chi connectivity index (χ1) is 7.74. The van der Waals surface area contributed by atoms with Crippen molar-refractivity contribution in [1.82, 2.24) is 4.98 Å². The van der Waals surface area contributed by atoms with Crippen LogP contribution in [-0.4, -0.2) is 4.98 Å². The molecule has 2 aromatic rings. The highest BCUT2D eigenvalue weighted by Crippen LogP contribution is 2.30. The van der Waals surface area contributed by atoms with E-state index in [9.17, 15) is 4.39 Å². The van der Waals surface area contributed by atoms with Crippen molar-refractivity contribution in [3.63, 3.8) is 0 Å². The first kappa shape index (κ1) is 10.1. The SMILES string of the molecule is N#Cc1cnccc1-c1c(N)cccc1F. The molecule has 0 spiro atoms. The van der Waals surface area contributed by atoms with E-state index in [4.69, 9.17) is 11.0 Å². The number of benzene rings is 1. The number of nitriles is 1. The van der Waals surface area contributed by atoms with Crippen LogP contribution in [0.15, 0.2) is 36.7 Å². The zero-order valence-corrected chi connectivity index (χ0v) is 8.31. The largest absolute Gasteiger partial charge is 0.398 e. The van der Waals surface area contributed by atoms with Crippen LogP contribution in [0.3, 0.4) is 0 Å². The Balaban J connectivity index is 2.73. The maximum atomic E-state index is 13.6. The van der Waals surface area contributed by atoms with Crippen LogP contribution in [0.2, 0.25) is 0 Å². The summed E-state index contributed by atoms with van der Waals surface area (Å²) in [6.45, 7) is 0. The second-order valence-corrected chi connectivity index (χ2v) is 3.24. The van der Waals surface area contributed by atoms with Crippen molar-refractivity contribution in [1.29, 1.82) is 5.26 Å². The average Bonchev–Trinajstić information content (AvgIpc) is 2.29. The third-order valence-corrected chi connectivity index (χ3v) is 2.26. The molecular weight excluding hydrogens is 205 g/mol. The Hall–Kier alpha value is -2.41. The van der Waals surface area contributed by atoms with Crippen LogP contribution >= 0.6 is 0 Å². The maximum absolute atomic E-state index is 13.6. The molecule has 0 atom stereocenters. The van der Waals surface area contributed by atoms with Gasteiger partial charge in [-0.3, -0.25) is 4.98 Å². The molecule has 2 rings (SSSR count). The van der Waals surface area contributed by atoms with Gasteiger partial charge in [-0.05, 0) is 18.2 Å². The van der Waals surface area contributed by atoms with Gasteiger partial charge in [0.1, 0.15) is 11.9 Å². The van der Waals surface area contributed by atoms with Gasteiger partial charge in [0, 0.05) is 29.2 Å². The molecule has 4 heteroatoms. The number of nitrogen functional groups attached to an aromatic ring is 1. The van der Waals surface area contributed by atoms with Gasteiger partial charge in [-0.2, -0.15) is 5.26 Å². The molecule has 2 N–H and O–H groups in total. The smallest absolute Gasteiger partial charge is 0.133 e. The Morgan fingerprint density at radius 3 is 2.81 bits per heavy atom. The van der Waals surface area contributed by atoms with Crippen LogP contribution in [-0.2, 0) is 0 Å². The lowest BCUT2D eigenvalue weighted by atomic mass is 10.0. The van der Waals surface area contributed by atoms with Crippen LogP contribution in [0.4, 0.5) is 10.1 Å². The molecule has 1 aromatic heterocycles. The Labute approximate surface area is 92.0 Å². The molecule has 0 aliphatic rings. The molecule has 0 aliphatic carbocycles. The van der Waals surface area contributed by atoms with Gasteiger partial charge in [0.15, 0.2) is 0 Å². The Kier molecular flexibility index (Phi) is 2.52. The third kappa shape index (κ3) is 1.59. The van der Waals surface area contributed by atoms with Gasteiger partial charge < -0.3 is 5.73 Å². The van der Waals surface area contributed by atoms with Crippen LogP contribution < -0.4 is 5.73 Å². The van der Waals surface area contributed by atoms with E-state index in [0.29, 0.717) is 16.8 Å². The number of rotatable bonds is 1. The topological polar surface area (TPSA) is 62.7 Å². The van der Waals surface area contributed by atoms with Gasteiger partial charge in [0.2, 0.25) is 0 Å². The molecule has 0 saturated heterocycles. The first-order valence-corrected chi connectivity index (χ1v) is 4.62. The molecule has 0 aliphatic heterocycles. The van der Waals surface area contributed by atoms with Gasteiger partial charge in [0.25, 0.3) is 0 Å². The summed E-state index contributed by atoms with van der Waals surface area (Å²) < 4.78 is 13.6. The molecule has 0 saturated carbocycles. The molecular formula is C12H8FN3. The molecule has 78 valence electrons. The fourth-order valence-electron chi connectivity index (χ4n) is 1.53. The fraction of sp³-hybridized carbons (Fsp3) is 0. The average molecular weight is 213 g/mol. The minimum Gasteiger partial charge on any atom is -0.398 e. The minimum atomic E-state index is -0.442. The predicted octanol–water partition coefficient (Wildman–Crippen LogP) is 2.34. The van der Waals surface area contributed by atoms with E-state index in [2.05, 4.69) is 4.98 Å². The van der Waals surface area contributed by atoms with Crippen molar-refractivity contribution in [3.05, 3.63) is 48.0 Å². The normalized spacial score (nSPS) is 9.75. The fourth-order valence-corrected chi connectivity index (χ4v) is 1.53. The molecule has 0 bridgehead atoms. The van der Waals surface area contributed by atoms with Crippen molar-refractivity contribution in [2.75, 3.05) is 5.73 Å². The summed E-state index contributed by atoms with van der Waals surface area (Å²) in [5, 5.41) is 8.91. The van der Waals surface area contributed by atoms with Crippen LogP contribution in [0.25, 0.3) is 11.1 Å². The van der Waals surface area contributed by atoms with E-state index < -0.39 is 5.82 Å². The summed E-state index contributed by atoms with van der Waals surface area (Å²) >= 11 is 0. The van der Waals surface area contributed by atoms with Crippen molar-refractivity contribution >= 4 is 5.69 Å². The second kappa shape index (κ2) is 3.99. The lowest BCUT2D eigenvalue weighted by Gasteiger charge is -2.07. The van der Waals surface area contributed by atoms with Crippen LogP contribution in [0.1, 0.15) is 5.56 Å². The monoisotopic (exact) mass is 213 g/mol. The summed E-state index contributed by atoms with van der Waals surface area (Å²) in [5.41, 5.74) is 7.04. The van der Waals surface area contributed by atoms with Crippen molar-refractivity contribution < 1.29 is 4.39 Å². The van der Waals surface area contributed by atoms with E-state index >= 15 is 0 Å². The zero-order valence-electron chi connectivity index (χ0n) is 8.31. The number of pyridine rings is 1. The second-order valence-electron chi connectivity index (χ2n) is 3.24. The van der Waals surface area contributed by atoms with Crippen molar-refractivity contribution in [2.45, 2.75) is 0 Å². The lowest BCUT2D eigenvalue weighted by molar-refractivity contribution is 0.632. The highest BCUT2D eigenvalue weighted by Gasteiger charge is 2.12. The molecule has 0 fully saturated rings. The Morgan fingerprint density at radius 1 is 1.31 bits per heavy atom. The number of aromatic nitrogens is 1. The summed E-state index contributed by atoms with van der Waals surface area (Å²) in [6, 6.07) is 7.98. The van der Waals surface area contributed by atoms with Crippen molar-refractivity contribution in [2.24, 2.45) is 0 Å². The molecule has 1 heterocycles. The molecule has 16 heavy (non-hydrogen) atoms. The zero-order chi connectivity index (χ0) is 11.5. The summed E-state index contributed by atoms with van der Waals surface area (Å²) in [5.74, 6) is -0.442. The summed E-state index contributed by atoms with van der Waals surface area (Å²) in [4.78, 5) is 3.82. The number of hydrogen-bond acceptors (Lipinski definition) is 3. The molecule has 0 radical (unpaired) electrons. The highest BCUT2D eigenvalue weighted by atomic mass is 19.1. The van der Waals surface area contributed by atoms with Gasteiger partial charge >= 0.3 is 0 Å². The maximum Gasteiger partial charge on any atom is 0.133 e. The highest BCUT2D eigenvalue weighted by molar-refractivity contribution is 5.80. The molecule has 0 unspecified atom stereocenters. The van der Waals surface area contributed by atoms with Gasteiger partial charge in [-0.1, -0.05) is 6.07 Å². The van der Waals surface area contributed by atoms with E-state index in [-0.39, 0.29) is 5.56 Å². The van der Waals surface area contributed by atoms with Gasteiger partial charge in [-0.15, -0.1) is 0 Å². The Morgan fingerprint density at radius 2 is 2.12 bits per heavy atom. The Bertz CT molecular complexity index is 552. The van der Waals surface area contributed by atoms with Crippen LogP contribution in [0, 0.1) is 17.1 Å². The quantitative estimate of drug-likeness (QED) is 0.739. The summed E-state index contributed by atoms with van der Waals surface area (Å²) in [6.07, 6.45) is 2.89. The molecule has 0 amide bonds. The molecule has 1 aromatic carbocycles. The predicted molar refractivity (Wildman–Crippen MR) is 58.8 cm³/mol. The van der Waals surface area contributed by atoms with E-state index in [0.717, 1.165) is 0 Å². The third-order valence-electron chi connectivity index (χ3n) is 2.26. The van der Waals surface area contributed by atoms with Gasteiger partial charge in [-0.25, -0.2) is 4.39 Å². The number of nitrogens with two attached hydrogens (primary N) is 1. The summed E-state index contributed by atoms with van der Waals surface area (Å²) in [7, 11) is 0. The van der Waals surface area contributed by atoms with E-state index in [1.165, 1.54) is 24.5 Å². The number of hydrogen-bond donors (Lipinski definition) is 1. The van der Waals surface area contributed by atoms with E-state index in [1.807, 2.05) is 6.07 Å². The standard InChI is InChI=1S/C12H8FN3/c13-10-2-1-3-11(15)12(10)9-4-5-16-7-8(9)6-14/h1-5,7H,15H2. The van der Waals surface area contributed by atoms with Crippen LogP contribution in [0.5, 0.6) is 0 Å². The first-order valence-electron chi connectivity index (χ1n) is 4.62. The van der Waals surface area contributed by atoms with E-state index in [1.54, 1.807) is 12.1 Å². The molecule has 3 nitrogen and oxygen atoms in total. The number of anilines is 1. The lowest BCUT2D eigenvalue weighted by Crippen LogP contribution is -1.95. The van der Waals surface area contributed by atoms with Crippen molar-refractivity contribution in [3.8, 4) is 17.2 Å². The number of halogens is 1.